The second kappa shape index (κ2) is 10.2. The van der Waals surface area contributed by atoms with E-state index in [0.717, 1.165) is 82.2 Å². The second-order valence-electron chi connectivity index (χ2n) is 8.64. The number of aromatic nitrogens is 3. The topological polar surface area (TPSA) is 77.3 Å². The monoisotopic (exact) mass is 421 g/mol. The molecule has 3 heterocycles. The molecule has 31 heavy (non-hydrogen) atoms. The number of nitrogens with zero attached hydrogens (tertiary/aromatic N) is 5. The van der Waals surface area contributed by atoms with Crippen LogP contribution in [0.5, 0.6) is 0 Å². The molecule has 7 nitrogen and oxygen atoms in total. The van der Waals surface area contributed by atoms with Crippen LogP contribution in [-0.4, -0.2) is 71.1 Å². The Kier molecular flexibility index (Phi) is 7.17. The van der Waals surface area contributed by atoms with Gasteiger partial charge in [0.25, 0.3) is 0 Å². The number of aromatic amines is 1. The summed E-state index contributed by atoms with van der Waals surface area (Å²) in [5.41, 5.74) is 11.5. The minimum absolute atomic E-state index is 0.737. The third-order valence-corrected chi connectivity index (χ3v) is 6.22. The zero-order valence-electron chi connectivity index (χ0n) is 18.8. The molecule has 4 rings (SSSR count). The molecule has 0 atom stereocenters. The van der Waals surface area contributed by atoms with Gasteiger partial charge in [-0.2, -0.15) is 0 Å². The molecule has 1 aromatic carbocycles. The number of nitrogens with one attached hydrogen (secondary N) is 1. The molecular formula is C24H35N7. The summed E-state index contributed by atoms with van der Waals surface area (Å²) in [5, 5.41) is 0. The van der Waals surface area contributed by atoms with Gasteiger partial charge in [0.1, 0.15) is 11.3 Å². The van der Waals surface area contributed by atoms with Crippen molar-refractivity contribution in [2.24, 2.45) is 5.73 Å². The highest BCUT2D eigenvalue weighted by Crippen LogP contribution is 2.25. The van der Waals surface area contributed by atoms with Gasteiger partial charge < -0.3 is 20.5 Å². The van der Waals surface area contributed by atoms with Crippen molar-refractivity contribution < 1.29 is 0 Å². The third-order valence-electron chi connectivity index (χ3n) is 6.22. The molecule has 0 bridgehead atoms. The number of likely N-dealkylation sites (N-methyl/N-ethyl adjacent to an activating group) is 1. The van der Waals surface area contributed by atoms with Crippen LogP contribution in [0, 0.1) is 6.92 Å². The van der Waals surface area contributed by atoms with E-state index in [1.807, 2.05) is 6.20 Å². The minimum atomic E-state index is 0.737. The summed E-state index contributed by atoms with van der Waals surface area (Å²) < 4.78 is 0. The molecule has 7 heteroatoms. The van der Waals surface area contributed by atoms with Crippen LogP contribution in [0.4, 0.5) is 5.69 Å². The zero-order valence-corrected chi connectivity index (χ0v) is 18.8. The summed E-state index contributed by atoms with van der Waals surface area (Å²) in [6.45, 7) is 9.82. The standard InChI is InChI=1S/C24H35N7/c1-19-7-3-4-8-20(19)17-30(12-6-5-10-25)18-22-27-23-21(9-11-26-24(23)28-22)31-15-13-29(2)14-16-31/h3-4,7-9,11H,5-6,10,12-18,25H2,1-2H3,(H,26,27,28). The molecule has 1 saturated heterocycles. The number of anilines is 1. The number of rotatable bonds is 9. The Morgan fingerprint density at radius 2 is 1.87 bits per heavy atom. The van der Waals surface area contributed by atoms with Crippen molar-refractivity contribution in [2.75, 3.05) is 51.2 Å². The molecule has 3 N–H and O–H groups in total. The first kappa shape index (κ1) is 21.7. The number of imidazole rings is 1. The van der Waals surface area contributed by atoms with Gasteiger partial charge in [-0.3, -0.25) is 4.90 Å². The number of hydrogen-bond donors (Lipinski definition) is 2. The van der Waals surface area contributed by atoms with Crippen LogP contribution in [0.1, 0.15) is 29.8 Å². The average molecular weight is 422 g/mol. The highest BCUT2D eigenvalue weighted by Gasteiger charge is 2.19. The highest BCUT2D eigenvalue weighted by atomic mass is 15.3. The molecule has 0 amide bonds. The molecule has 1 aliphatic heterocycles. The van der Waals surface area contributed by atoms with E-state index in [0.29, 0.717) is 0 Å². The van der Waals surface area contributed by atoms with Gasteiger partial charge in [-0.1, -0.05) is 24.3 Å². The van der Waals surface area contributed by atoms with Gasteiger partial charge in [-0.25, -0.2) is 9.97 Å². The minimum Gasteiger partial charge on any atom is -0.367 e. The Morgan fingerprint density at radius 1 is 1.06 bits per heavy atom. The molecule has 1 fully saturated rings. The van der Waals surface area contributed by atoms with E-state index in [9.17, 15) is 0 Å². The summed E-state index contributed by atoms with van der Waals surface area (Å²) in [4.78, 5) is 20.3. The molecule has 2 aromatic heterocycles. The SMILES string of the molecule is Cc1ccccc1CN(CCCCN)Cc1nc2nccc(N3CCN(C)CC3)c2[nH]1. The van der Waals surface area contributed by atoms with Crippen LogP contribution in [0.25, 0.3) is 11.2 Å². The fourth-order valence-corrected chi connectivity index (χ4v) is 4.27. The van der Waals surface area contributed by atoms with Gasteiger partial charge in [-0.05, 0) is 57.1 Å². The first-order valence-corrected chi connectivity index (χ1v) is 11.4. The van der Waals surface area contributed by atoms with Gasteiger partial charge in [0.05, 0.1) is 12.2 Å². The van der Waals surface area contributed by atoms with Crippen molar-refractivity contribution in [1.82, 2.24) is 24.8 Å². The summed E-state index contributed by atoms with van der Waals surface area (Å²) >= 11 is 0. The largest absolute Gasteiger partial charge is 0.367 e. The molecular weight excluding hydrogens is 386 g/mol. The number of benzene rings is 1. The van der Waals surface area contributed by atoms with Crippen LogP contribution in [-0.2, 0) is 13.1 Å². The number of H-pyrrole nitrogens is 1. The third kappa shape index (κ3) is 5.42. The lowest BCUT2D eigenvalue weighted by atomic mass is 10.1. The molecule has 166 valence electrons. The van der Waals surface area contributed by atoms with Crippen molar-refractivity contribution in [3.8, 4) is 0 Å². The molecule has 0 unspecified atom stereocenters. The van der Waals surface area contributed by atoms with Crippen LogP contribution < -0.4 is 10.6 Å². The predicted octanol–water partition coefficient (Wildman–Crippen LogP) is 2.76. The van der Waals surface area contributed by atoms with E-state index in [1.165, 1.54) is 16.8 Å². The Hall–Kier alpha value is -2.48. The quantitative estimate of drug-likeness (QED) is 0.518. The normalized spacial score (nSPS) is 15.3. The number of aryl methyl sites for hydroxylation is 1. The number of hydrogen-bond acceptors (Lipinski definition) is 6. The van der Waals surface area contributed by atoms with Crippen LogP contribution in [0.15, 0.2) is 36.5 Å². The Labute approximate surface area is 185 Å². The maximum atomic E-state index is 5.74. The first-order valence-electron chi connectivity index (χ1n) is 11.4. The number of fused-ring (bicyclic) bond motifs is 1. The maximum absolute atomic E-state index is 5.74. The van der Waals surface area contributed by atoms with Gasteiger partial charge >= 0.3 is 0 Å². The highest BCUT2D eigenvalue weighted by molar-refractivity contribution is 5.86. The lowest BCUT2D eigenvalue weighted by Crippen LogP contribution is -2.44. The molecule has 3 aromatic rings. The second-order valence-corrected chi connectivity index (χ2v) is 8.64. The number of pyridine rings is 1. The molecule has 0 aliphatic carbocycles. The molecule has 0 spiro atoms. The van der Waals surface area contributed by atoms with Gasteiger partial charge in [0.2, 0.25) is 0 Å². The Bertz CT molecular complexity index is 975. The van der Waals surface area contributed by atoms with Crippen molar-refractivity contribution in [3.63, 3.8) is 0 Å². The predicted molar refractivity (Wildman–Crippen MR) is 127 cm³/mol. The van der Waals surface area contributed by atoms with Gasteiger partial charge in [0.15, 0.2) is 5.65 Å². The summed E-state index contributed by atoms with van der Waals surface area (Å²) in [6.07, 6.45) is 4.01. The average Bonchev–Trinajstić information content (AvgIpc) is 3.18. The van der Waals surface area contributed by atoms with E-state index < -0.39 is 0 Å². The number of piperazine rings is 1. The summed E-state index contributed by atoms with van der Waals surface area (Å²) in [7, 11) is 2.18. The van der Waals surface area contributed by atoms with E-state index in [-0.39, 0.29) is 0 Å². The van der Waals surface area contributed by atoms with E-state index >= 15 is 0 Å². The Balaban J connectivity index is 1.54. The van der Waals surface area contributed by atoms with Crippen LogP contribution in [0.3, 0.4) is 0 Å². The number of unbranched alkanes of at least 4 members (excludes halogenated alkanes) is 1. The summed E-state index contributed by atoms with van der Waals surface area (Å²) in [5.74, 6) is 0.977. The van der Waals surface area contributed by atoms with E-state index in [1.54, 1.807) is 0 Å². The van der Waals surface area contributed by atoms with Crippen LogP contribution in [0.2, 0.25) is 0 Å². The Morgan fingerprint density at radius 3 is 2.65 bits per heavy atom. The van der Waals surface area contributed by atoms with Gasteiger partial charge in [-0.15, -0.1) is 0 Å². The van der Waals surface area contributed by atoms with Crippen LogP contribution >= 0.6 is 0 Å². The maximum Gasteiger partial charge on any atom is 0.179 e. The first-order chi connectivity index (χ1) is 15.1. The fourth-order valence-electron chi connectivity index (χ4n) is 4.27. The molecule has 0 saturated carbocycles. The van der Waals surface area contributed by atoms with E-state index in [2.05, 4.69) is 69.0 Å². The van der Waals surface area contributed by atoms with Crippen molar-refractivity contribution in [2.45, 2.75) is 32.9 Å². The van der Waals surface area contributed by atoms with Gasteiger partial charge in [0, 0.05) is 38.9 Å². The molecule has 0 radical (unpaired) electrons. The van der Waals surface area contributed by atoms with Crippen molar-refractivity contribution in [1.29, 1.82) is 0 Å². The summed E-state index contributed by atoms with van der Waals surface area (Å²) in [6, 6.07) is 10.7. The lowest BCUT2D eigenvalue weighted by Gasteiger charge is -2.34. The van der Waals surface area contributed by atoms with E-state index in [4.69, 9.17) is 10.7 Å². The number of nitrogens with two attached hydrogens (primary N) is 1. The molecule has 1 aliphatic rings. The van der Waals surface area contributed by atoms with Crippen molar-refractivity contribution in [3.05, 3.63) is 53.5 Å². The van der Waals surface area contributed by atoms with Crippen molar-refractivity contribution >= 4 is 16.9 Å². The smallest absolute Gasteiger partial charge is 0.179 e. The zero-order chi connectivity index (χ0) is 21.6. The lowest BCUT2D eigenvalue weighted by molar-refractivity contribution is 0.246. The fraction of sp³-hybridized carbons (Fsp3) is 0.500.